The molecule has 1 aromatic carbocycles. The van der Waals surface area contributed by atoms with Crippen molar-refractivity contribution in [3.05, 3.63) is 53.3 Å². The summed E-state index contributed by atoms with van der Waals surface area (Å²) in [7, 11) is 0. The first-order chi connectivity index (χ1) is 12.5. The van der Waals surface area contributed by atoms with Crippen molar-refractivity contribution in [2.75, 3.05) is 13.1 Å². The number of carbonyl (C=O) groups excluding carboxylic acids is 1. The Morgan fingerprint density at radius 2 is 2.04 bits per heavy atom. The molecule has 1 aliphatic carbocycles. The van der Waals surface area contributed by atoms with Crippen LogP contribution in [0.1, 0.15) is 53.2 Å². The van der Waals surface area contributed by atoms with Gasteiger partial charge in [-0.3, -0.25) is 9.48 Å². The average Bonchev–Trinajstić information content (AvgIpc) is 3.29. The van der Waals surface area contributed by atoms with E-state index in [0.717, 1.165) is 37.8 Å². The van der Waals surface area contributed by atoms with Gasteiger partial charge in [-0.05, 0) is 43.7 Å². The van der Waals surface area contributed by atoms with Crippen LogP contribution >= 0.6 is 0 Å². The van der Waals surface area contributed by atoms with Gasteiger partial charge in [-0.2, -0.15) is 5.10 Å². The highest BCUT2D eigenvalue weighted by Gasteiger charge is 2.54. The lowest BCUT2D eigenvalue weighted by atomic mass is 9.89. The monoisotopic (exact) mass is 353 g/mol. The number of aromatic nitrogens is 2. The zero-order valence-electron chi connectivity index (χ0n) is 14.9. The smallest absolute Gasteiger partial charge is 0.338 e. The fourth-order valence-electron chi connectivity index (χ4n) is 4.14. The van der Waals surface area contributed by atoms with Gasteiger partial charge in [0.25, 0.3) is 0 Å². The van der Waals surface area contributed by atoms with Crippen molar-refractivity contribution in [1.29, 1.82) is 0 Å². The van der Waals surface area contributed by atoms with Gasteiger partial charge in [0.2, 0.25) is 5.91 Å². The van der Waals surface area contributed by atoms with E-state index in [-0.39, 0.29) is 22.9 Å². The fraction of sp³-hybridized carbons (Fsp3) is 0.450. The summed E-state index contributed by atoms with van der Waals surface area (Å²) >= 11 is 0. The Labute approximate surface area is 152 Å². The highest BCUT2D eigenvalue weighted by Crippen LogP contribution is 2.51. The standard InChI is InChI=1S/C20H23N3O3/c1-14-5-2-3-7-17(14)20(8-9-20)19(26)22-10-4-6-16(13-22)23-12-15(11-21-23)18(24)25/h2-3,5,7,11-12,16H,4,6,8-10,13H2,1H3,(H,24,25)/t16-/m0/s1. The zero-order valence-corrected chi connectivity index (χ0v) is 14.9. The normalized spacial score (nSPS) is 21.4. The lowest BCUT2D eigenvalue weighted by molar-refractivity contribution is -0.135. The molecule has 2 aromatic rings. The molecule has 1 saturated heterocycles. The molecule has 1 saturated carbocycles. The molecule has 2 fully saturated rings. The molecule has 1 aromatic heterocycles. The van der Waals surface area contributed by atoms with Crippen LogP contribution in [0.3, 0.4) is 0 Å². The predicted octanol–water partition coefficient (Wildman–Crippen LogP) is 2.79. The molecule has 0 bridgehead atoms. The summed E-state index contributed by atoms with van der Waals surface area (Å²) in [4.78, 5) is 26.4. The van der Waals surface area contributed by atoms with E-state index in [2.05, 4.69) is 24.2 Å². The first-order valence-electron chi connectivity index (χ1n) is 9.14. The van der Waals surface area contributed by atoms with Gasteiger partial charge in [0.05, 0.1) is 23.2 Å². The summed E-state index contributed by atoms with van der Waals surface area (Å²) in [6.45, 7) is 3.42. The number of nitrogens with zero attached hydrogens (tertiary/aromatic N) is 3. The molecule has 0 unspecified atom stereocenters. The van der Waals surface area contributed by atoms with Gasteiger partial charge in [-0.1, -0.05) is 24.3 Å². The number of aromatic carboxylic acids is 1. The van der Waals surface area contributed by atoms with Crippen molar-refractivity contribution in [1.82, 2.24) is 14.7 Å². The van der Waals surface area contributed by atoms with Crippen LogP contribution in [0.25, 0.3) is 0 Å². The molecule has 1 aliphatic heterocycles. The molecular weight excluding hydrogens is 330 g/mol. The number of carboxylic acids is 1. The molecule has 0 spiro atoms. The fourth-order valence-corrected chi connectivity index (χ4v) is 4.14. The number of hydrogen-bond acceptors (Lipinski definition) is 3. The number of benzene rings is 1. The summed E-state index contributed by atoms with van der Waals surface area (Å²) in [5.74, 6) is -0.765. The van der Waals surface area contributed by atoms with Crippen LogP contribution in [-0.2, 0) is 10.2 Å². The molecule has 1 N–H and O–H groups in total. The number of piperidine rings is 1. The molecule has 1 atom stereocenters. The summed E-state index contributed by atoms with van der Waals surface area (Å²) in [5.41, 5.74) is 2.15. The van der Waals surface area contributed by atoms with Crippen LogP contribution in [0.4, 0.5) is 0 Å². The second kappa shape index (κ2) is 6.27. The highest BCUT2D eigenvalue weighted by molar-refractivity contribution is 5.92. The Morgan fingerprint density at radius 1 is 1.27 bits per heavy atom. The number of rotatable bonds is 4. The Morgan fingerprint density at radius 3 is 2.69 bits per heavy atom. The molecule has 26 heavy (non-hydrogen) atoms. The molecule has 0 radical (unpaired) electrons. The van der Waals surface area contributed by atoms with Crippen LogP contribution in [0.2, 0.25) is 0 Å². The Hall–Kier alpha value is -2.63. The molecular formula is C20H23N3O3. The minimum atomic E-state index is -0.975. The van der Waals surface area contributed by atoms with E-state index in [1.807, 2.05) is 17.0 Å². The van der Waals surface area contributed by atoms with Crippen molar-refractivity contribution in [2.24, 2.45) is 0 Å². The van der Waals surface area contributed by atoms with Gasteiger partial charge in [0.15, 0.2) is 0 Å². The largest absolute Gasteiger partial charge is 0.478 e. The van der Waals surface area contributed by atoms with Crippen LogP contribution in [0.15, 0.2) is 36.7 Å². The van der Waals surface area contributed by atoms with E-state index in [4.69, 9.17) is 5.11 Å². The van der Waals surface area contributed by atoms with Gasteiger partial charge in [-0.25, -0.2) is 4.79 Å². The van der Waals surface area contributed by atoms with Crippen molar-refractivity contribution >= 4 is 11.9 Å². The van der Waals surface area contributed by atoms with Crippen molar-refractivity contribution in [3.63, 3.8) is 0 Å². The molecule has 2 aliphatic rings. The third-order valence-corrected chi connectivity index (χ3v) is 5.73. The SMILES string of the molecule is Cc1ccccc1C1(C(=O)N2CCC[C@H](n3cc(C(=O)O)cn3)C2)CC1. The van der Waals surface area contributed by atoms with Crippen molar-refractivity contribution < 1.29 is 14.7 Å². The molecule has 1 amide bonds. The van der Waals surface area contributed by atoms with E-state index < -0.39 is 5.97 Å². The summed E-state index contributed by atoms with van der Waals surface area (Å²) in [6, 6.07) is 8.20. The van der Waals surface area contributed by atoms with E-state index in [0.29, 0.717) is 6.54 Å². The topological polar surface area (TPSA) is 75.4 Å². The summed E-state index contributed by atoms with van der Waals surface area (Å²) in [5, 5.41) is 13.3. The van der Waals surface area contributed by atoms with Crippen molar-refractivity contribution in [3.8, 4) is 0 Å². The lowest BCUT2D eigenvalue weighted by Crippen LogP contribution is -2.45. The van der Waals surface area contributed by atoms with Gasteiger partial charge in [0, 0.05) is 19.3 Å². The van der Waals surface area contributed by atoms with E-state index in [1.54, 1.807) is 10.9 Å². The number of carbonyl (C=O) groups is 2. The van der Waals surface area contributed by atoms with Crippen molar-refractivity contribution in [2.45, 2.75) is 44.1 Å². The molecule has 6 heteroatoms. The summed E-state index contributed by atoms with van der Waals surface area (Å²) in [6.07, 6.45) is 6.56. The van der Waals surface area contributed by atoms with Gasteiger partial charge >= 0.3 is 5.97 Å². The van der Waals surface area contributed by atoms with Crippen LogP contribution in [-0.4, -0.2) is 44.8 Å². The Bertz CT molecular complexity index is 853. The first-order valence-corrected chi connectivity index (χ1v) is 9.14. The second-order valence-electron chi connectivity index (χ2n) is 7.46. The third-order valence-electron chi connectivity index (χ3n) is 5.73. The third kappa shape index (κ3) is 2.79. The number of amides is 1. The van der Waals surface area contributed by atoms with E-state index in [1.165, 1.54) is 11.8 Å². The average molecular weight is 353 g/mol. The van der Waals surface area contributed by atoms with Crippen LogP contribution < -0.4 is 0 Å². The minimum absolute atomic E-state index is 0.0356. The molecule has 136 valence electrons. The maximum atomic E-state index is 13.3. The van der Waals surface area contributed by atoms with Gasteiger partial charge in [-0.15, -0.1) is 0 Å². The first kappa shape index (κ1) is 16.8. The Balaban J connectivity index is 1.53. The number of aryl methyl sites for hydroxylation is 1. The molecule has 6 nitrogen and oxygen atoms in total. The Kier molecular flexibility index (Phi) is 4.05. The lowest BCUT2D eigenvalue weighted by Gasteiger charge is -2.35. The van der Waals surface area contributed by atoms with Crippen LogP contribution in [0, 0.1) is 6.92 Å². The second-order valence-corrected chi connectivity index (χ2v) is 7.46. The highest BCUT2D eigenvalue weighted by atomic mass is 16.4. The predicted molar refractivity (Wildman–Crippen MR) is 96.1 cm³/mol. The maximum absolute atomic E-state index is 13.3. The molecule has 4 rings (SSSR count). The molecule has 2 heterocycles. The number of carboxylic acid groups (broad SMARTS) is 1. The van der Waals surface area contributed by atoms with Gasteiger partial charge in [0.1, 0.15) is 0 Å². The van der Waals surface area contributed by atoms with E-state index in [9.17, 15) is 9.59 Å². The minimum Gasteiger partial charge on any atom is -0.478 e. The quantitative estimate of drug-likeness (QED) is 0.917. The zero-order chi connectivity index (χ0) is 18.3. The number of hydrogen-bond donors (Lipinski definition) is 1. The van der Waals surface area contributed by atoms with E-state index >= 15 is 0 Å². The van der Waals surface area contributed by atoms with Crippen LogP contribution in [0.5, 0.6) is 0 Å². The summed E-state index contributed by atoms with van der Waals surface area (Å²) < 4.78 is 1.70. The van der Waals surface area contributed by atoms with Gasteiger partial charge < -0.3 is 10.0 Å². The maximum Gasteiger partial charge on any atom is 0.338 e. The number of likely N-dealkylation sites (tertiary alicyclic amines) is 1.